The monoisotopic (exact) mass is 452 g/mol. The van der Waals surface area contributed by atoms with Crippen LogP contribution in [-0.4, -0.2) is 11.6 Å². The van der Waals surface area contributed by atoms with E-state index in [2.05, 4.69) is 5.10 Å². The number of anilines is 1. The van der Waals surface area contributed by atoms with Crippen molar-refractivity contribution in [2.45, 2.75) is 13.5 Å². The van der Waals surface area contributed by atoms with E-state index in [1.807, 2.05) is 104 Å². The number of fused-ring (bicyclic) bond motifs is 1. The lowest BCUT2D eigenvalue weighted by molar-refractivity contribution is -0.114. The predicted molar refractivity (Wildman–Crippen MR) is 135 cm³/mol. The summed E-state index contributed by atoms with van der Waals surface area (Å²) in [6.45, 7) is 2.17. The molecule has 0 N–H and O–H groups in total. The van der Waals surface area contributed by atoms with E-state index in [0.717, 1.165) is 27.6 Å². The lowest BCUT2D eigenvalue weighted by Crippen LogP contribution is -2.21. The molecule has 0 fully saturated rings. The largest absolute Gasteiger partial charge is 0.488 e. The summed E-state index contributed by atoms with van der Waals surface area (Å²) in [5.41, 5.74) is 3.67. The average Bonchev–Trinajstić information content (AvgIpc) is 3.13. The fourth-order valence-electron chi connectivity index (χ4n) is 3.89. The van der Waals surface area contributed by atoms with E-state index in [-0.39, 0.29) is 5.91 Å². The Morgan fingerprint density at radius 2 is 1.64 bits per heavy atom. The number of para-hydroxylation sites is 1. The van der Waals surface area contributed by atoms with Gasteiger partial charge in [0.25, 0.3) is 5.91 Å². The van der Waals surface area contributed by atoms with Gasteiger partial charge in [0.1, 0.15) is 12.4 Å². The Balaban J connectivity index is 1.56. The Morgan fingerprint density at radius 3 is 2.45 bits per heavy atom. The summed E-state index contributed by atoms with van der Waals surface area (Å²) in [5, 5.41) is 8.67. The first-order valence-corrected chi connectivity index (χ1v) is 11.0. The highest BCUT2D eigenvalue weighted by atomic mass is 35.5. The summed E-state index contributed by atoms with van der Waals surface area (Å²) >= 11 is 6.32. The second-order valence-corrected chi connectivity index (χ2v) is 8.18. The highest BCUT2D eigenvalue weighted by molar-refractivity contribution is 6.32. The number of hydrogen-bond donors (Lipinski definition) is 0. The molecule has 0 saturated carbocycles. The molecule has 33 heavy (non-hydrogen) atoms. The summed E-state index contributed by atoms with van der Waals surface area (Å²) in [6, 6.07) is 29.1. The first kappa shape index (κ1) is 21.0. The standard InChI is InChI=1S/C28H21ClN2O2/c1-19-24(28(32)31(30-19)22-11-3-2-4-12-22)17-25-23-13-7-5-9-20(23)15-16-27(25)33-18-21-10-6-8-14-26(21)29/h2-17H,18H2,1H3/b24-17+. The molecule has 0 aliphatic carbocycles. The molecular formula is C28H21ClN2O2. The van der Waals surface area contributed by atoms with Crippen molar-refractivity contribution in [1.29, 1.82) is 0 Å². The molecule has 162 valence electrons. The molecule has 0 saturated heterocycles. The minimum absolute atomic E-state index is 0.163. The summed E-state index contributed by atoms with van der Waals surface area (Å²) in [7, 11) is 0. The van der Waals surface area contributed by atoms with Crippen LogP contribution in [0, 0.1) is 0 Å². The van der Waals surface area contributed by atoms with Crippen LogP contribution in [0.4, 0.5) is 5.69 Å². The number of carbonyl (C=O) groups excluding carboxylic acids is 1. The maximum atomic E-state index is 13.3. The Labute approximate surface area is 197 Å². The molecule has 1 aliphatic heterocycles. The Kier molecular flexibility index (Phi) is 5.68. The number of carbonyl (C=O) groups is 1. The Morgan fingerprint density at radius 1 is 0.909 bits per heavy atom. The van der Waals surface area contributed by atoms with Gasteiger partial charge in [0.2, 0.25) is 0 Å². The number of hydrogen-bond acceptors (Lipinski definition) is 3. The average molecular weight is 453 g/mol. The van der Waals surface area contributed by atoms with Crippen LogP contribution in [0.2, 0.25) is 5.02 Å². The van der Waals surface area contributed by atoms with Crippen molar-refractivity contribution in [1.82, 2.24) is 0 Å². The van der Waals surface area contributed by atoms with Crippen LogP contribution in [0.5, 0.6) is 5.75 Å². The lowest BCUT2D eigenvalue weighted by Gasteiger charge is -2.14. The number of nitrogens with zero attached hydrogens (tertiary/aromatic N) is 2. The number of halogens is 1. The minimum atomic E-state index is -0.163. The third kappa shape index (κ3) is 4.13. The van der Waals surface area contributed by atoms with Crippen molar-refractivity contribution in [2.24, 2.45) is 5.10 Å². The second-order valence-electron chi connectivity index (χ2n) is 7.77. The molecule has 0 radical (unpaired) electrons. The first-order chi connectivity index (χ1) is 16.1. The fraction of sp³-hybridized carbons (Fsp3) is 0.0714. The topological polar surface area (TPSA) is 41.9 Å². The molecule has 5 heteroatoms. The Bertz CT molecular complexity index is 1410. The zero-order valence-electron chi connectivity index (χ0n) is 18.0. The van der Waals surface area contributed by atoms with Gasteiger partial charge in [-0.25, -0.2) is 0 Å². The number of ether oxygens (including phenoxy) is 1. The van der Waals surface area contributed by atoms with Gasteiger partial charge in [-0.05, 0) is 48.0 Å². The molecule has 0 spiro atoms. The molecule has 0 bridgehead atoms. The smallest absolute Gasteiger partial charge is 0.280 e. The summed E-state index contributed by atoms with van der Waals surface area (Å²) < 4.78 is 6.21. The van der Waals surface area contributed by atoms with Gasteiger partial charge in [0.15, 0.2) is 0 Å². The molecule has 0 atom stereocenters. The van der Waals surface area contributed by atoms with Crippen LogP contribution < -0.4 is 9.75 Å². The van der Waals surface area contributed by atoms with Crippen LogP contribution >= 0.6 is 11.6 Å². The van der Waals surface area contributed by atoms with Gasteiger partial charge in [-0.15, -0.1) is 0 Å². The van der Waals surface area contributed by atoms with Crippen LogP contribution in [0.25, 0.3) is 16.8 Å². The zero-order valence-corrected chi connectivity index (χ0v) is 18.8. The van der Waals surface area contributed by atoms with Crippen LogP contribution in [-0.2, 0) is 11.4 Å². The molecule has 1 aliphatic rings. The third-order valence-corrected chi connectivity index (χ3v) is 5.99. The van der Waals surface area contributed by atoms with Crippen molar-refractivity contribution >= 4 is 45.8 Å². The van der Waals surface area contributed by atoms with Crippen molar-refractivity contribution in [2.75, 3.05) is 5.01 Å². The van der Waals surface area contributed by atoms with E-state index >= 15 is 0 Å². The lowest BCUT2D eigenvalue weighted by atomic mass is 9.99. The second kappa shape index (κ2) is 8.93. The molecule has 0 aromatic heterocycles. The van der Waals surface area contributed by atoms with E-state index in [1.54, 1.807) is 0 Å². The molecule has 1 amide bonds. The van der Waals surface area contributed by atoms with E-state index in [0.29, 0.717) is 28.7 Å². The van der Waals surface area contributed by atoms with Gasteiger partial charge in [0.05, 0.1) is 17.0 Å². The minimum Gasteiger partial charge on any atom is -0.488 e. The van der Waals surface area contributed by atoms with Crippen molar-refractivity contribution in [3.63, 3.8) is 0 Å². The van der Waals surface area contributed by atoms with Crippen molar-refractivity contribution in [3.05, 3.63) is 113 Å². The predicted octanol–water partition coefficient (Wildman–Crippen LogP) is 6.88. The van der Waals surface area contributed by atoms with Gasteiger partial charge in [-0.1, -0.05) is 78.3 Å². The van der Waals surface area contributed by atoms with Crippen molar-refractivity contribution in [3.8, 4) is 5.75 Å². The van der Waals surface area contributed by atoms with Crippen LogP contribution in [0.3, 0.4) is 0 Å². The van der Waals surface area contributed by atoms with Crippen LogP contribution in [0.1, 0.15) is 18.1 Å². The van der Waals surface area contributed by atoms with E-state index in [1.165, 1.54) is 5.01 Å². The summed E-state index contributed by atoms with van der Waals surface area (Å²) in [4.78, 5) is 13.3. The molecular weight excluding hydrogens is 432 g/mol. The van der Waals surface area contributed by atoms with E-state index in [4.69, 9.17) is 16.3 Å². The summed E-state index contributed by atoms with van der Waals surface area (Å²) in [6.07, 6.45) is 1.88. The zero-order chi connectivity index (χ0) is 22.8. The normalized spacial score (nSPS) is 14.7. The third-order valence-electron chi connectivity index (χ3n) is 5.62. The van der Waals surface area contributed by atoms with Crippen molar-refractivity contribution < 1.29 is 9.53 Å². The van der Waals surface area contributed by atoms with Crippen LogP contribution in [0.15, 0.2) is 102 Å². The molecule has 5 rings (SSSR count). The molecule has 1 heterocycles. The number of hydrazone groups is 1. The highest BCUT2D eigenvalue weighted by Gasteiger charge is 2.29. The van der Waals surface area contributed by atoms with Gasteiger partial charge in [-0.3, -0.25) is 4.79 Å². The maximum Gasteiger partial charge on any atom is 0.280 e. The van der Waals surface area contributed by atoms with Gasteiger partial charge in [-0.2, -0.15) is 10.1 Å². The fourth-order valence-corrected chi connectivity index (χ4v) is 4.08. The van der Waals surface area contributed by atoms with E-state index in [9.17, 15) is 4.79 Å². The number of benzene rings is 4. The molecule has 0 unspecified atom stereocenters. The summed E-state index contributed by atoms with van der Waals surface area (Å²) in [5.74, 6) is 0.517. The highest BCUT2D eigenvalue weighted by Crippen LogP contribution is 2.33. The maximum absolute atomic E-state index is 13.3. The van der Waals surface area contributed by atoms with Gasteiger partial charge < -0.3 is 4.74 Å². The Hall–Kier alpha value is -3.89. The molecule has 4 aromatic carbocycles. The van der Waals surface area contributed by atoms with Gasteiger partial charge in [0, 0.05) is 16.1 Å². The number of rotatable bonds is 5. The quantitative estimate of drug-likeness (QED) is 0.310. The SMILES string of the molecule is CC1=NN(c2ccccc2)C(=O)/C1=C/c1c(OCc2ccccc2Cl)ccc2ccccc12. The van der Waals surface area contributed by atoms with E-state index < -0.39 is 0 Å². The first-order valence-electron chi connectivity index (χ1n) is 10.7. The molecule has 4 aromatic rings. The van der Waals surface area contributed by atoms with Gasteiger partial charge >= 0.3 is 0 Å². The number of amides is 1. The molecule has 4 nitrogen and oxygen atoms in total.